The third kappa shape index (κ3) is 1.58. The highest BCUT2D eigenvalue weighted by atomic mass is 16.5. The Kier molecular flexibility index (Phi) is 2.04. The molecule has 4 nitrogen and oxygen atoms in total. The molecule has 4 heteroatoms. The lowest BCUT2D eigenvalue weighted by Gasteiger charge is -1.94. The van der Waals surface area contributed by atoms with Crippen LogP contribution in [0.4, 0.5) is 5.69 Å². The van der Waals surface area contributed by atoms with E-state index < -0.39 is 0 Å². The number of anilines is 1. The van der Waals surface area contributed by atoms with Gasteiger partial charge in [0.05, 0.1) is 6.20 Å². The fourth-order valence-electron chi connectivity index (χ4n) is 0.516. The number of aromatic nitrogens is 1. The Balaban J connectivity index is 2.48. The number of carbonyl (C=O) groups excluding carboxylic acids is 1. The highest BCUT2D eigenvalue weighted by molar-refractivity contribution is 5.89. The van der Waals surface area contributed by atoms with Crippen molar-refractivity contribution >= 4 is 11.6 Å². The van der Waals surface area contributed by atoms with E-state index in [9.17, 15) is 4.79 Å². The first-order valence-corrected chi connectivity index (χ1v) is 3.02. The normalized spacial score (nSPS) is 9.30. The molecule has 0 aliphatic carbocycles. The Hall–Kier alpha value is -1.32. The first-order chi connectivity index (χ1) is 4.83. The van der Waals surface area contributed by atoms with E-state index in [1.165, 1.54) is 12.5 Å². The van der Waals surface area contributed by atoms with E-state index in [0.29, 0.717) is 12.1 Å². The molecule has 0 bridgehead atoms. The predicted molar refractivity (Wildman–Crippen MR) is 35.4 cm³/mol. The lowest BCUT2D eigenvalue weighted by molar-refractivity contribution is -0.115. The van der Waals surface area contributed by atoms with Crippen molar-refractivity contribution in [2.24, 2.45) is 0 Å². The summed E-state index contributed by atoms with van der Waals surface area (Å²) in [6.45, 7) is 1.78. The fourth-order valence-corrected chi connectivity index (χ4v) is 0.516. The van der Waals surface area contributed by atoms with Gasteiger partial charge in [0.25, 0.3) is 0 Å². The molecule has 0 spiro atoms. The van der Waals surface area contributed by atoms with Crippen LogP contribution in [0.15, 0.2) is 17.0 Å². The van der Waals surface area contributed by atoms with Crippen LogP contribution in [0.2, 0.25) is 0 Å². The Morgan fingerprint density at radius 3 is 3.20 bits per heavy atom. The summed E-state index contributed by atoms with van der Waals surface area (Å²) in [5.74, 6) is -0.0387. The Labute approximate surface area is 58.2 Å². The van der Waals surface area contributed by atoms with Crippen LogP contribution in [0.1, 0.15) is 13.3 Å². The second-order valence-electron chi connectivity index (χ2n) is 1.81. The molecule has 10 heavy (non-hydrogen) atoms. The predicted octanol–water partition coefficient (Wildman–Crippen LogP) is 1.02. The molecule has 1 aromatic rings. The van der Waals surface area contributed by atoms with Crippen molar-refractivity contribution in [3.63, 3.8) is 0 Å². The summed E-state index contributed by atoms with van der Waals surface area (Å²) < 4.78 is 4.50. The third-order valence-electron chi connectivity index (χ3n) is 1.04. The van der Waals surface area contributed by atoms with Gasteiger partial charge in [0.15, 0.2) is 0 Å². The van der Waals surface area contributed by atoms with Crippen molar-refractivity contribution < 1.29 is 9.32 Å². The zero-order valence-corrected chi connectivity index (χ0v) is 5.63. The van der Waals surface area contributed by atoms with E-state index in [0.717, 1.165) is 0 Å². The fraction of sp³-hybridized carbons (Fsp3) is 0.333. The van der Waals surface area contributed by atoms with Crippen LogP contribution >= 0.6 is 0 Å². The van der Waals surface area contributed by atoms with Gasteiger partial charge < -0.3 is 9.84 Å². The van der Waals surface area contributed by atoms with Crippen molar-refractivity contribution in [1.29, 1.82) is 0 Å². The molecular weight excluding hydrogens is 132 g/mol. The minimum Gasteiger partial charge on any atom is -0.363 e. The van der Waals surface area contributed by atoms with Crippen molar-refractivity contribution in [2.45, 2.75) is 13.3 Å². The standard InChI is InChI=1S/C6H8N2O2/c1-2-6(9)8-5-3-7-10-4-5/h3-4H,2H2,1H3,(H,8,9). The highest BCUT2D eigenvalue weighted by Gasteiger charge is 1.98. The number of nitrogens with one attached hydrogen (secondary N) is 1. The molecule has 0 aromatic carbocycles. The van der Waals surface area contributed by atoms with Crippen LogP contribution in [0.3, 0.4) is 0 Å². The molecule has 1 amide bonds. The van der Waals surface area contributed by atoms with Gasteiger partial charge in [0.2, 0.25) is 5.91 Å². The molecule has 0 saturated carbocycles. The molecule has 0 atom stereocenters. The third-order valence-corrected chi connectivity index (χ3v) is 1.04. The van der Waals surface area contributed by atoms with Crippen molar-refractivity contribution in [3.8, 4) is 0 Å². The second kappa shape index (κ2) is 3.00. The average Bonchev–Trinajstić information content (AvgIpc) is 2.40. The minimum atomic E-state index is -0.0387. The molecule has 0 unspecified atom stereocenters. The summed E-state index contributed by atoms with van der Waals surface area (Å²) in [5, 5.41) is 6.00. The summed E-state index contributed by atoms with van der Waals surface area (Å²) in [4.78, 5) is 10.7. The van der Waals surface area contributed by atoms with Gasteiger partial charge in [0, 0.05) is 6.42 Å². The monoisotopic (exact) mass is 140 g/mol. The van der Waals surface area contributed by atoms with Gasteiger partial charge in [-0.3, -0.25) is 4.79 Å². The SMILES string of the molecule is CCC(=O)Nc1cnoc1. The maximum absolute atomic E-state index is 10.7. The largest absolute Gasteiger partial charge is 0.363 e. The van der Waals surface area contributed by atoms with Gasteiger partial charge in [-0.15, -0.1) is 0 Å². The van der Waals surface area contributed by atoms with Gasteiger partial charge in [-0.05, 0) is 0 Å². The molecule has 1 heterocycles. The summed E-state index contributed by atoms with van der Waals surface area (Å²) in [7, 11) is 0. The molecule has 1 N–H and O–H groups in total. The smallest absolute Gasteiger partial charge is 0.224 e. The number of amides is 1. The highest BCUT2D eigenvalue weighted by Crippen LogP contribution is 2.03. The molecule has 0 fully saturated rings. The van der Waals surface area contributed by atoms with Crippen LogP contribution in [-0.2, 0) is 4.79 Å². The number of nitrogens with zero attached hydrogens (tertiary/aromatic N) is 1. The summed E-state index contributed by atoms with van der Waals surface area (Å²) >= 11 is 0. The maximum atomic E-state index is 10.7. The van der Waals surface area contributed by atoms with Crippen molar-refractivity contribution in [1.82, 2.24) is 5.16 Å². The van der Waals surface area contributed by atoms with Crippen LogP contribution in [0, 0.1) is 0 Å². The molecule has 0 aliphatic heterocycles. The Bertz CT molecular complexity index is 206. The molecule has 1 rings (SSSR count). The molecule has 0 radical (unpaired) electrons. The first kappa shape index (κ1) is 6.80. The maximum Gasteiger partial charge on any atom is 0.224 e. The van der Waals surface area contributed by atoms with Crippen molar-refractivity contribution in [3.05, 3.63) is 12.5 Å². The van der Waals surface area contributed by atoms with Crippen LogP contribution in [-0.4, -0.2) is 11.1 Å². The topological polar surface area (TPSA) is 55.1 Å². The number of carbonyl (C=O) groups is 1. The summed E-state index contributed by atoms with van der Waals surface area (Å²) in [5.41, 5.74) is 0.604. The number of hydrogen-bond acceptors (Lipinski definition) is 3. The molecule has 1 aromatic heterocycles. The number of hydrogen-bond donors (Lipinski definition) is 1. The molecule has 54 valence electrons. The van der Waals surface area contributed by atoms with Gasteiger partial charge in [-0.2, -0.15) is 0 Å². The summed E-state index contributed by atoms with van der Waals surface area (Å²) in [6.07, 6.45) is 3.30. The summed E-state index contributed by atoms with van der Waals surface area (Å²) in [6, 6.07) is 0. The zero-order chi connectivity index (χ0) is 7.40. The lowest BCUT2D eigenvalue weighted by Crippen LogP contribution is -2.08. The quantitative estimate of drug-likeness (QED) is 0.667. The Morgan fingerprint density at radius 2 is 2.70 bits per heavy atom. The Morgan fingerprint density at radius 1 is 1.90 bits per heavy atom. The van der Waals surface area contributed by atoms with Crippen LogP contribution in [0.5, 0.6) is 0 Å². The van der Waals surface area contributed by atoms with E-state index in [2.05, 4.69) is 15.0 Å². The van der Waals surface area contributed by atoms with E-state index in [4.69, 9.17) is 0 Å². The minimum absolute atomic E-state index is 0.0387. The van der Waals surface area contributed by atoms with E-state index in [1.807, 2.05) is 0 Å². The zero-order valence-electron chi connectivity index (χ0n) is 5.63. The van der Waals surface area contributed by atoms with Gasteiger partial charge >= 0.3 is 0 Å². The number of rotatable bonds is 2. The van der Waals surface area contributed by atoms with Crippen LogP contribution < -0.4 is 5.32 Å². The molecule has 0 aliphatic rings. The van der Waals surface area contributed by atoms with E-state index in [-0.39, 0.29) is 5.91 Å². The lowest BCUT2D eigenvalue weighted by atomic mass is 10.4. The van der Waals surface area contributed by atoms with Gasteiger partial charge in [-0.1, -0.05) is 12.1 Å². The van der Waals surface area contributed by atoms with E-state index in [1.54, 1.807) is 6.92 Å². The van der Waals surface area contributed by atoms with Crippen molar-refractivity contribution in [2.75, 3.05) is 5.32 Å². The van der Waals surface area contributed by atoms with E-state index >= 15 is 0 Å². The first-order valence-electron chi connectivity index (χ1n) is 3.02. The molecular formula is C6H8N2O2. The second-order valence-corrected chi connectivity index (χ2v) is 1.81. The van der Waals surface area contributed by atoms with Gasteiger partial charge in [0.1, 0.15) is 12.0 Å². The van der Waals surface area contributed by atoms with Crippen LogP contribution in [0.25, 0.3) is 0 Å². The van der Waals surface area contributed by atoms with Gasteiger partial charge in [-0.25, -0.2) is 0 Å². The average molecular weight is 140 g/mol. The molecule has 0 saturated heterocycles.